The Morgan fingerprint density at radius 2 is 2.07 bits per heavy atom. The Balaban J connectivity index is 1.33. The molecule has 0 saturated carbocycles. The number of aryl methyl sites for hydroxylation is 1. The van der Waals surface area contributed by atoms with Gasteiger partial charge in [-0.05, 0) is 82.5 Å². The topological polar surface area (TPSA) is 50.2 Å². The summed E-state index contributed by atoms with van der Waals surface area (Å²) in [6, 6.07) is 8.26. The van der Waals surface area contributed by atoms with Gasteiger partial charge in [-0.1, -0.05) is 25.1 Å². The van der Waals surface area contributed by atoms with E-state index in [9.17, 15) is 4.79 Å². The molecule has 1 aliphatic heterocycles. The SMILES string of the molecule is Cc1ccccc1-n1nc(C(=O)NCCCCN2CCCC(C)C2)c2c1CCC2. The third-order valence-corrected chi connectivity index (χ3v) is 6.42. The number of fused-ring (bicyclic) bond motifs is 1. The Kier molecular flexibility index (Phi) is 6.34. The van der Waals surface area contributed by atoms with Crippen LogP contribution in [0.15, 0.2) is 24.3 Å². The first-order chi connectivity index (χ1) is 14.1. The van der Waals surface area contributed by atoms with Gasteiger partial charge in [0, 0.05) is 24.3 Å². The number of likely N-dealkylation sites (tertiary alicyclic amines) is 1. The molecular weight excluding hydrogens is 360 g/mol. The molecule has 1 N–H and O–H groups in total. The summed E-state index contributed by atoms with van der Waals surface area (Å²) in [4.78, 5) is 15.4. The molecule has 1 aliphatic carbocycles. The lowest BCUT2D eigenvalue weighted by atomic mass is 10.0. The quantitative estimate of drug-likeness (QED) is 0.725. The molecule has 29 heavy (non-hydrogen) atoms. The highest BCUT2D eigenvalue weighted by Crippen LogP contribution is 2.28. The van der Waals surface area contributed by atoms with Crippen molar-refractivity contribution >= 4 is 5.91 Å². The van der Waals surface area contributed by atoms with Crippen LogP contribution in [0.2, 0.25) is 0 Å². The van der Waals surface area contributed by atoms with Crippen molar-refractivity contribution < 1.29 is 4.79 Å². The first-order valence-corrected chi connectivity index (χ1v) is 11.3. The van der Waals surface area contributed by atoms with Crippen molar-refractivity contribution in [2.75, 3.05) is 26.2 Å². The number of unbranched alkanes of at least 4 members (excludes halogenated alkanes) is 1. The Hall–Kier alpha value is -2.14. The second-order valence-electron chi connectivity index (χ2n) is 8.84. The van der Waals surface area contributed by atoms with Crippen LogP contribution in [-0.4, -0.2) is 46.8 Å². The molecule has 2 aliphatic rings. The van der Waals surface area contributed by atoms with Crippen LogP contribution in [-0.2, 0) is 12.8 Å². The van der Waals surface area contributed by atoms with E-state index in [1.54, 1.807) is 0 Å². The second-order valence-corrected chi connectivity index (χ2v) is 8.84. The van der Waals surface area contributed by atoms with Crippen molar-refractivity contribution in [1.29, 1.82) is 0 Å². The average Bonchev–Trinajstić information content (AvgIpc) is 3.31. The highest BCUT2D eigenvalue weighted by Gasteiger charge is 2.27. The average molecular weight is 395 g/mol. The zero-order chi connectivity index (χ0) is 20.2. The molecule has 4 rings (SSSR count). The highest BCUT2D eigenvalue weighted by atomic mass is 16.1. The molecule has 1 amide bonds. The molecule has 1 fully saturated rings. The molecule has 1 saturated heterocycles. The van der Waals surface area contributed by atoms with Gasteiger partial charge in [0.2, 0.25) is 0 Å². The third kappa shape index (κ3) is 4.55. The summed E-state index contributed by atoms with van der Waals surface area (Å²) >= 11 is 0. The molecule has 1 aromatic carbocycles. The van der Waals surface area contributed by atoms with E-state index < -0.39 is 0 Å². The monoisotopic (exact) mass is 394 g/mol. The smallest absolute Gasteiger partial charge is 0.272 e. The van der Waals surface area contributed by atoms with Gasteiger partial charge in [-0.2, -0.15) is 5.10 Å². The van der Waals surface area contributed by atoms with Crippen LogP contribution in [0, 0.1) is 12.8 Å². The Bertz CT molecular complexity index is 857. The minimum atomic E-state index is -0.0120. The van der Waals surface area contributed by atoms with E-state index in [1.807, 2.05) is 16.8 Å². The summed E-state index contributed by atoms with van der Waals surface area (Å²) in [6.07, 6.45) is 7.92. The Labute approximate surface area is 174 Å². The highest BCUT2D eigenvalue weighted by molar-refractivity contribution is 5.94. The first-order valence-electron chi connectivity index (χ1n) is 11.3. The van der Waals surface area contributed by atoms with Gasteiger partial charge in [-0.3, -0.25) is 4.79 Å². The molecule has 0 radical (unpaired) electrons. The van der Waals surface area contributed by atoms with Crippen molar-refractivity contribution in [2.24, 2.45) is 5.92 Å². The number of benzene rings is 1. The Morgan fingerprint density at radius 1 is 1.21 bits per heavy atom. The number of aromatic nitrogens is 2. The van der Waals surface area contributed by atoms with Crippen molar-refractivity contribution in [3.05, 3.63) is 46.8 Å². The van der Waals surface area contributed by atoms with Crippen LogP contribution in [0.3, 0.4) is 0 Å². The zero-order valence-corrected chi connectivity index (χ0v) is 17.9. The summed E-state index contributed by atoms with van der Waals surface area (Å²) < 4.78 is 2.00. The first kappa shape index (κ1) is 20.1. The minimum absolute atomic E-state index is 0.0120. The lowest BCUT2D eigenvalue weighted by Gasteiger charge is -2.30. The molecule has 1 aromatic heterocycles. The van der Waals surface area contributed by atoms with Crippen molar-refractivity contribution in [2.45, 2.75) is 58.8 Å². The lowest BCUT2D eigenvalue weighted by Crippen LogP contribution is -2.35. The van der Waals surface area contributed by atoms with E-state index >= 15 is 0 Å². The van der Waals surface area contributed by atoms with Gasteiger partial charge >= 0.3 is 0 Å². The van der Waals surface area contributed by atoms with Gasteiger partial charge in [0.1, 0.15) is 0 Å². The number of amides is 1. The molecule has 2 aromatic rings. The molecule has 2 heterocycles. The summed E-state index contributed by atoms with van der Waals surface area (Å²) in [5.41, 5.74) is 5.26. The van der Waals surface area contributed by atoms with Crippen LogP contribution in [0.25, 0.3) is 5.69 Å². The maximum Gasteiger partial charge on any atom is 0.272 e. The maximum atomic E-state index is 12.8. The second kappa shape index (κ2) is 9.12. The minimum Gasteiger partial charge on any atom is -0.351 e. The molecule has 1 unspecified atom stereocenters. The lowest BCUT2D eigenvalue weighted by molar-refractivity contribution is 0.0946. The number of rotatable bonds is 7. The van der Waals surface area contributed by atoms with Crippen LogP contribution in [0.4, 0.5) is 0 Å². The zero-order valence-electron chi connectivity index (χ0n) is 17.9. The number of carbonyl (C=O) groups is 1. The maximum absolute atomic E-state index is 12.8. The number of nitrogens with zero attached hydrogens (tertiary/aromatic N) is 3. The van der Waals surface area contributed by atoms with Crippen LogP contribution >= 0.6 is 0 Å². The van der Waals surface area contributed by atoms with Crippen LogP contribution < -0.4 is 5.32 Å². The van der Waals surface area contributed by atoms with Gasteiger partial charge in [-0.15, -0.1) is 0 Å². The standard InChI is InChI=1S/C24H34N4O/c1-18-9-8-16-27(17-18)15-6-5-14-25-24(29)23-20-11-7-13-22(20)28(26-23)21-12-4-3-10-19(21)2/h3-4,10,12,18H,5-9,11,13-17H2,1-2H3,(H,25,29). The molecule has 5 heteroatoms. The largest absolute Gasteiger partial charge is 0.351 e. The summed E-state index contributed by atoms with van der Waals surface area (Å²) in [5.74, 6) is 0.816. The summed E-state index contributed by atoms with van der Waals surface area (Å²) in [5, 5.41) is 7.86. The predicted octanol–water partition coefficient (Wildman–Crippen LogP) is 3.91. The predicted molar refractivity (Wildman–Crippen MR) is 117 cm³/mol. The number of nitrogens with one attached hydrogen (secondary N) is 1. The number of carbonyl (C=O) groups excluding carboxylic acids is 1. The molecule has 0 spiro atoms. The van der Waals surface area contributed by atoms with Crippen molar-refractivity contribution in [3.63, 3.8) is 0 Å². The van der Waals surface area contributed by atoms with Gasteiger partial charge < -0.3 is 10.2 Å². The van der Waals surface area contributed by atoms with E-state index in [1.165, 1.54) is 37.2 Å². The molecule has 156 valence electrons. The van der Waals surface area contributed by atoms with Gasteiger partial charge in [0.15, 0.2) is 5.69 Å². The fourth-order valence-corrected chi connectivity index (χ4v) is 4.86. The number of hydrogen-bond donors (Lipinski definition) is 1. The van der Waals surface area contributed by atoms with Crippen LogP contribution in [0.5, 0.6) is 0 Å². The Morgan fingerprint density at radius 3 is 2.90 bits per heavy atom. The van der Waals surface area contributed by atoms with Gasteiger partial charge in [-0.25, -0.2) is 4.68 Å². The van der Waals surface area contributed by atoms with E-state index in [-0.39, 0.29) is 5.91 Å². The fourth-order valence-electron chi connectivity index (χ4n) is 4.86. The van der Waals surface area contributed by atoms with E-state index in [0.29, 0.717) is 5.69 Å². The van der Waals surface area contributed by atoms with Crippen molar-refractivity contribution in [3.8, 4) is 5.69 Å². The summed E-state index contributed by atoms with van der Waals surface area (Å²) in [6.45, 7) is 8.79. The molecule has 0 bridgehead atoms. The molecular formula is C24H34N4O. The van der Waals surface area contributed by atoms with Crippen LogP contribution in [0.1, 0.15) is 66.3 Å². The third-order valence-electron chi connectivity index (χ3n) is 6.42. The van der Waals surface area contributed by atoms with Gasteiger partial charge in [0.25, 0.3) is 5.91 Å². The fraction of sp³-hybridized carbons (Fsp3) is 0.583. The van der Waals surface area contributed by atoms with Gasteiger partial charge in [0.05, 0.1) is 5.69 Å². The normalized spacial score (nSPS) is 19.3. The van der Waals surface area contributed by atoms with Crippen molar-refractivity contribution in [1.82, 2.24) is 20.0 Å². The number of para-hydroxylation sites is 1. The van der Waals surface area contributed by atoms with E-state index in [2.05, 4.69) is 36.2 Å². The van der Waals surface area contributed by atoms with E-state index in [0.717, 1.165) is 62.4 Å². The molecule has 5 nitrogen and oxygen atoms in total. The number of hydrogen-bond acceptors (Lipinski definition) is 3. The molecule has 1 atom stereocenters. The van der Waals surface area contributed by atoms with E-state index in [4.69, 9.17) is 5.10 Å². The number of piperidine rings is 1. The summed E-state index contributed by atoms with van der Waals surface area (Å²) in [7, 11) is 0.